The van der Waals surface area contributed by atoms with Crippen molar-refractivity contribution in [1.29, 1.82) is 0 Å². The van der Waals surface area contributed by atoms with Crippen LogP contribution in [-0.4, -0.2) is 13.1 Å². The van der Waals surface area contributed by atoms with Gasteiger partial charge in [-0.2, -0.15) is 0 Å². The van der Waals surface area contributed by atoms with Gasteiger partial charge in [0, 0.05) is 5.56 Å². The maximum atomic E-state index is 14.7. The molecule has 1 unspecified atom stereocenters. The minimum atomic E-state index is -0.635. The molecule has 0 saturated carbocycles. The number of rotatable bonds is 8. The number of benzene rings is 3. The fourth-order valence-electron chi connectivity index (χ4n) is 3.33. The van der Waals surface area contributed by atoms with E-state index >= 15 is 0 Å². The summed E-state index contributed by atoms with van der Waals surface area (Å²) in [4.78, 5) is 12.8. The fraction of sp³-hybridized carbons (Fsp3) is 0.250. The maximum Gasteiger partial charge on any atom is 0.318 e. The van der Waals surface area contributed by atoms with Gasteiger partial charge in [-0.1, -0.05) is 74.5 Å². The molecule has 0 aliphatic rings. The number of carbonyl (C=O) groups excluding carboxylic acids is 1. The number of carbonyl (C=O) groups is 1. The van der Waals surface area contributed by atoms with E-state index in [1.807, 2.05) is 48.5 Å². The number of methoxy groups -OCH3 is 1. The summed E-state index contributed by atoms with van der Waals surface area (Å²) in [6.07, 6.45) is 5.12. The topological polar surface area (TPSA) is 35.5 Å². The Morgan fingerprint density at radius 3 is 2.38 bits per heavy atom. The summed E-state index contributed by atoms with van der Waals surface area (Å²) >= 11 is 0. The molecule has 3 nitrogen and oxygen atoms in total. The Kier molecular flexibility index (Phi) is 7.82. The lowest BCUT2D eigenvalue weighted by Gasteiger charge is -2.15. The van der Waals surface area contributed by atoms with Crippen molar-refractivity contribution in [3.63, 3.8) is 0 Å². The van der Waals surface area contributed by atoms with Gasteiger partial charge in [0.15, 0.2) is 11.5 Å². The summed E-state index contributed by atoms with van der Waals surface area (Å²) in [5.41, 5.74) is 2.81. The first-order valence-corrected chi connectivity index (χ1v) is 10.8. The molecule has 4 heteroatoms. The lowest BCUT2D eigenvalue weighted by Crippen LogP contribution is -2.17. The second-order valence-electron chi connectivity index (χ2n) is 8.19. The van der Waals surface area contributed by atoms with Gasteiger partial charge in [0.25, 0.3) is 0 Å². The first-order valence-electron chi connectivity index (χ1n) is 10.8. The van der Waals surface area contributed by atoms with Crippen molar-refractivity contribution in [2.45, 2.75) is 33.1 Å². The van der Waals surface area contributed by atoms with E-state index in [9.17, 15) is 9.18 Å². The van der Waals surface area contributed by atoms with Crippen molar-refractivity contribution >= 4 is 12.0 Å². The second kappa shape index (κ2) is 10.8. The zero-order chi connectivity index (χ0) is 23.1. The predicted molar refractivity (Wildman–Crippen MR) is 127 cm³/mol. The molecule has 0 N–H and O–H groups in total. The molecule has 0 bridgehead atoms. The van der Waals surface area contributed by atoms with Gasteiger partial charge in [-0.15, -0.1) is 0 Å². The number of allylic oxidation sites excluding steroid dienone is 1. The molecular weight excluding hydrogens is 403 g/mol. The van der Waals surface area contributed by atoms with Gasteiger partial charge >= 0.3 is 5.97 Å². The van der Waals surface area contributed by atoms with E-state index in [1.165, 1.54) is 13.2 Å². The van der Waals surface area contributed by atoms with Crippen LogP contribution in [0.25, 0.3) is 17.2 Å². The smallest absolute Gasteiger partial charge is 0.318 e. The molecule has 32 heavy (non-hydrogen) atoms. The van der Waals surface area contributed by atoms with Gasteiger partial charge in [0.05, 0.1) is 13.0 Å². The number of halogens is 1. The fourth-order valence-corrected chi connectivity index (χ4v) is 3.33. The number of hydrogen-bond donors (Lipinski definition) is 0. The van der Waals surface area contributed by atoms with Crippen molar-refractivity contribution in [3.8, 4) is 22.6 Å². The van der Waals surface area contributed by atoms with Crippen LogP contribution in [0.3, 0.4) is 0 Å². The molecule has 0 saturated heterocycles. The van der Waals surface area contributed by atoms with E-state index in [2.05, 4.69) is 19.9 Å². The third-order valence-electron chi connectivity index (χ3n) is 5.25. The van der Waals surface area contributed by atoms with E-state index in [0.717, 1.165) is 17.5 Å². The van der Waals surface area contributed by atoms with Crippen LogP contribution in [0.4, 0.5) is 4.39 Å². The maximum absolute atomic E-state index is 14.7. The van der Waals surface area contributed by atoms with E-state index in [1.54, 1.807) is 25.1 Å². The molecule has 0 spiro atoms. The van der Waals surface area contributed by atoms with Crippen molar-refractivity contribution in [3.05, 3.63) is 89.8 Å². The average Bonchev–Trinajstić information content (AvgIpc) is 2.79. The summed E-state index contributed by atoms with van der Waals surface area (Å²) in [7, 11) is 1.54. The van der Waals surface area contributed by atoms with Crippen LogP contribution in [0.1, 0.15) is 44.2 Å². The van der Waals surface area contributed by atoms with Gasteiger partial charge in [0.2, 0.25) is 0 Å². The quantitative estimate of drug-likeness (QED) is 0.277. The molecule has 1 atom stereocenters. The normalized spacial score (nSPS) is 12.2. The van der Waals surface area contributed by atoms with Crippen LogP contribution in [-0.2, 0) is 4.79 Å². The molecule has 3 aromatic carbocycles. The first kappa shape index (κ1) is 23.3. The molecular formula is C28H29FO3. The standard InChI is InChI=1S/C28H29FO3/c1-19(2)9-8-10-21-13-16-26(27(17-21)31-4)32-28(30)20(3)23-14-15-24(25(29)18-23)22-11-6-5-7-12-22/h5-8,10-20H,9H2,1-4H3/b10-8+. The van der Waals surface area contributed by atoms with E-state index in [0.29, 0.717) is 28.5 Å². The van der Waals surface area contributed by atoms with Crippen molar-refractivity contribution < 1.29 is 18.7 Å². The third-order valence-corrected chi connectivity index (χ3v) is 5.25. The largest absolute Gasteiger partial charge is 0.493 e. The molecule has 0 amide bonds. The minimum absolute atomic E-state index is 0.340. The molecule has 0 radical (unpaired) electrons. The van der Waals surface area contributed by atoms with E-state index in [4.69, 9.17) is 9.47 Å². The minimum Gasteiger partial charge on any atom is -0.493 e. The second-order valence-corrected chi connectivity index (χ2v) is 8.19. The Labute approximate surface area is 189 Å². The Balaban J connectivity index is 1.74. The van der Waals surface area contributed by atoms with Crippen molar-refractivity contribution in [2.75, 3.05) is 7.11 Å². The Morgan fingerprint density at radius 2 is 1.72 bits per heavy atom. The number of ether oxygens (including phenoxy) is 2. The molecule has 0 heterocycles. The highest BCUT2D eigenvalue weighted by atomic mass is 19.1. The molecule has 0 aliphatic heterocycles. The lowest BCUT2D eigenvalue weighted by atomic mass is 9.97. The predicted octanol–water partition coefficient (Wildman–Crippen LogP) is 7.27. The highest BCUT2D eigenvalue weighted by molar-refractivity contribution is 5.81. The van der Waals surface area contributed by atoms with Crippen LogP contribution < -0.4 is 9.47 Å². The number of esters is 1. The van der Waals surface area contributed by atoms with E-state index < -0.39 is 11.9 Å². The van der Waals surface area contributed by atoms with Gasteiger partial charge in [-0.05, 0) is 54.2 Å². The highest BCUT2D eigenvalue weighted by Gasteiger charge is 2.21. The number of hydrogen-bond acceptors (Lipinski definition) is 3. The van der Waals surface area contributed by atoms with Gasteiger partial charge in [0.1, 0.15) is 5.82 Å². The summed E-state index contributed by atoms with van der Waals surface area (Å²) < 4.78 is 25.7. The summed E-state index contributed by atoms with van der Waals surface area (Å²) in [6, 6.07) is 19.6. The summed E-state index contributed by atoms with van der Waals surface area (Å²) in [5.74, 6) is -0.0811. The summed E-state index contributed by atoms with van der Waals surface area (Å²) in [5, 5.41) is 0. The third kappa shape index (κ3) is 5.85. The molecule has 166 valence electrons. The highest BCUT2D eigenvalue weighted by Crippen LogP contribution is 2.31. The Morgan fingerprint density at radius 1 is 0.969 bits per heavy atom. The van der Waals surface area contributed by atoms with Gasteiger partial charge in [-0.25, -0.2) is 4.39 Å². The van der Waals surface area contributed by atoms with Crippen molar-refractivity contribution in [1.82, 2.24) is 0 Å². The van der Waals surface area contributed by atoms with Crippen LogP contribution in [0.2, 0.25) is 0 Å². The monoisotopic (exact) mass is 432 g/mol. The zero-order valence-corrected chi connectivity index (χ0v) is 19.0. The molecule has 0 aliphatic carbocycles. The van der Waals surface area contributed by atoms with Crippen LogP contribution in [0, 0.1) is 11.7 Å². The van der Waals surface area contributed by atoms with Gasteiger partial charge in [-0.3, -0.25) is 4.79 Å². The summed E-state index contributed by atoms with van der Waals surface area (Å²) in [6.45, 7) is 6.03. The average molecular weight is 433 g/mol. The van der Waals surface area contributed by atoms with E-state index in [-0.39, 0.29) is 5.82 Å². The SMILES string of the molecule is COc1cc(/C=C/CC(C)C)ccc1OC(=O)C(C)c1ccc(-c2ccccc2)c(F)c1. The Hall–Kier alpha value is -3.40. The Bertz CT molecular complexity index is 1090. The zero-order valence-electron chi connectivity index (χ0n) is 19.0. The van der Waals surface area contributed by atoms with Crippen LogP contribution in [0.5, 0.6) is 11.5 Å². The molecule has 3 aromatic rings. The lowest BCUT2D eigenvalue weighted by molar-refractivity contribution is -0.135. The first-order chi connectivity index (χ1) is 15.4. The molecule has 0 aromatic heterocycles. The van der Waals surface area contributed by atoms with Gasteiger partial charge < -0.3 is 9.47 Å². The molecule has 3 rings (SSSR count). The molecule has 0 fully saturated rings. The van der Waals surface area contributed by atoms with Crippen molar-refractivity contribution in [2.24, 2.45) is 5.92 Å². The van der Waals surface area contributed by atoms with Crippen LogP contribution >= 0.6 is 0 Å². The van der Waals surface area contributed by atoms with Crippen LogP contribution in [0.15, 0.2) is 72.8 Å².